The number of likely N-dealkylation sites (N-methyl/N-ethyl adjacent to an activating group) is 1. The van der Waals surface area contributed by atoms with E-state index >= 15 is 0 Å². The SMILES string of the molecule is C[C@H](c1nc2ccccc2s1)N(C)C(=O)COC(=O)COc1cccc(F)c1. The van der Waals surface area contributed by atoms with Crippen molar-refractivity contribution in [2.75, 3.05) is 20.3 Å². The fraction of sp³-hybridized carbons (Fsp3) is 0.250. The molecule has 0 aliphatic heterocycles. The molecule has 0 fully saturated rings. The molecule has 6 nitrogen and oxygen atoms in total. The summed E-state index contributed by atoms with van der Waals surface area (Å²) in [5.41, 5.74) is 0.885. The second-order valence-corrected chi connectivity index (χ2v) is 7.17. The number of fused-ring (bicyclic) bond motifs is 1. The van der Waals surface area contributed by atoms with Crippen molar-refractivity contribution in [3.05, 3.63) is 59.4 Å². The second kappa shape index (κ2) is 8.79. The van der Waals surface area contributed by atoms with Crippen molar-refractivity contribution >= 4 is 33.4 Å². The summed E-state index contributed by atoms with van der Waals surface area (Å²) in [6, 6.07) is 12.9. The molecule has 2 aromatic carbocycles. The molecule has 0 bridgehead atoms. The second-order valence-electron chi connectivity index (χ2n) is 6.11. The Bertz CT molecular complexity index is 958. The third kappa shape index (κ3) is 4.83. The zero-order valence-electron chi connectivity index (χ0n) is 15.4. The van der Waals surface area contributed by atoms with Crippen molar-refractivity contribution in [3.63, 3.8) is 0 Å². The number of rotatable bonds is 7. The molecule has 0 aliphatic rings. The number of amides is 1. The van der Waals surface area contributed by atoms with Crippen LogP contribution < -0.4 is 4.74 Å². The van der Waals surface area contributed by atoms with Gasteiger partial charge < -0.3 is 14.4 Å². The molecular weight excluding hydrogens is 383 g/mol. The standard InChI is InChI=1S/C20H19FN2O4S/c1-13(20-22-16-8-3-4-9-17(16)28-20)23(2)18(24)11-27-19(25)12-26-15-7-5-6-14(21)10-15/h3-10,13H,11-12H2,1-2H3/t13-/m1/s1. The van der Waals surface area contributed by atoms with Crippen LogP contribution in [0.2, 0.25) is 0 Å². The number of halogens is 1. The molecule has 1 heterocycles. The smallest absolute Gasteiger partial charge is 0.344 e. The first-order chi connectivity index (χ1) is 13.4. The molecule has 1 atom stereocenters. The lowest BCUT2D eigenvalue weighted by Crippen LogP contribution is -2.34. The molecule has 146 valence electrons. The number of thiazole rings is 1. The summed E-state index contributed by atoms with van der Waals surface area (Å²) in [7, 11) is 1.64. The molecular formula is C20H19FN2O4S. The molecule has 1 aromatic heterocycles. The Kier molecular flexibility index (Phi) is 6.20. The molecule has 0 saturated heterocycles. The van der Waals surface area contributed by atoms with Gasteiger partial charge in [0.1, 0.15) is 16.6 Å². The first-order valence-corrected chi connectivity index (χ1v) is 9.41. The number of aromatic nitrogens is 1. The summed E-state index contributed by atoms with van der Waals surface area (Å²) in [5, 5.41) is 0.804. The fourth-order valence-electron chi connectivity index (χ4n) is 2.44. The quantitative estimate of drug-likeness (QED) is 0.565. The Morgan fingerprint density at radius 1 is 1.18 bits per heavy atom. The highest BCUT2D eigenvalue weighted by Gasteiger charge is 2.21. The van der Waals surface area contributed by atoms with Gasteiger partial charge in [0.05, 0.1) is 16.3 Å². The van der Waals surface area contributed by atoms with E-state index in [1.165, 1.54) is 34.4 Å². The minimum atomic E-state index is -0.710. The third-order valence-corrected chi connectivity index (χ3v) is 5.36. The van der Waals surface area contributed by atoms with E-state index in [0.29, 0.717) is 0 Å². The van der Waals surface area contributed by atoms with Crippen LogP contribution in [0.4, 0.5) is 4.39 Å². The van der Waals surface area contributed by atoms with E-state index in [0.717, 1.165) is 21.3 Å². The van der Waals surface area contributed by atoms with E-state index in [9.17, 15) is 14.0 Å². The van der Waals surface area contributed by atoms with Gasteiger partial charge in [-0.05, 0) is 31.2 Å². The number of nitrogens with zero attached hydrogens (tertiary/aromatic N) is 2. The van der Waals surface area contributed by atoms with Crippen LogP contribution in [0.5, 0.6) is 5.75 Å². The van der Waals surface area contributed by atoms with E-state index in [2.05, 4.69) is 4.98 Å². The Labute approximate surface area is 165 Å². The van der Waals surface area contributed by atoms with Crippen molar-refractivity contribution in [2.45, 2.75) is 13.0 Å². The van der Waals surface area contributed by atoms with Crippen LogP contribution >= 0.6 is 11.3 Å². The van der Waals surface area contributed by atoms with Crippen LogP contribution in [0.3, 0.4) is 0 Å². The first kappa shape index (κ1) is 19.8. The van der Waals surface area contributed by atoms with Crippen molar-refractivity contribution in [1.29, 1.82) is 0 Å². The van der Waals surface area contributed by atoms with Crippen LogP contribution in [0, 0.1) is 5.82 Å². The van der Waals surface area contributed by atoms with Gasteiger partial charge in [0, 0.05) is 13.1 Å². The minimum Gasteiger partial charge on any atom is -0.482 e. The molecule has 0 spiro atoms. The largest absolute Gasteiger partial charge is 0.482 e. The molecule has 1 amide bonds. The zero-order chi connectivity index (χ0) is 20.1. The van der Waals surface area contributed by atoms with Gasteiger partial charge in [-0.1, -0.05) is 18.2 Å². The van der Waals surface area contributed by atoms with Gasteiger partial charge in [0.15, 0.2) is 13.2 Å². The van der Waals surface area contributed by atoms with Gasteiger partial charge >= 0.3 is 5.97 Å². The minimum absolute atomic E-state index is 0.213. The number of ether oxygens (including phenoxy) is 2. The van der Waals surface area contributed by atoms with Crippen LogP contribution in [0.15, 0.2) is 48.5 Å². The molecule has 28 heavy (non-hydrogen) atoms. The zero-order valence-corrected chi connectivity index (χ0v) is 16.2. The summed E-state index contributed by atoms with van der Waals surface area (Å²) in [5.74, 6) is -1.32. The maximum absolute atomic E-state index is 13.1. The van der Waals surface area contributed by atoms with E-state index in [1.54, 1.807) is 7.05 Å². The van der Waals surface area contributed by atoms with Gasteiger partial charge in [-0.15, -0.1) is 11.3 Å². The lowest BCUT2D eigenvalue weighted by Gasteiger charge is -2.23. The number of esters is 1. The van der Waals surface area contributed by atoms with E-state index in [4.69, 9.17) is 9.47 Å². The van der Waals surface area contributed by atoms with E-state index < -0.39 is 25.0 Å². The van der Waals surface area contributed by atoms with E-state index in [-0.39, 0.29) is 17.7 Å². The maximum Gasteiger partial charge on any atom is 0.344 e. The molecule has 0 radical (unpaired) electrons. The van der Waals surface area contributed by atoms with Gasteiger partial charge in [0.2, 0.25) is 0 Å². The number of carbonyl (C=O) groups excluding carboxylic acids is 2. The van der Waals surface area contributed by atoms with Gasteiger partial charge in [-0.3, -0.25) is 4.79 Å². The number of para-hydroxylation sites is 1. The average molecular weight is 402 g/mol. The van der Waals surface area contributed by atoms with Crippen LogP contribution in [-0.4, -0.2) is 42.0 Å². The Morgan fingerprint density at radius 3 is 2.71 bits per heavy atom. The van der Waals surface area contributed by atoms with Gasteiger partial charge in [-0.25, -0.2) is 14.2 Å². The monoisotopic (exact) mass is 402 g/mol. The summed E-state index contributed by atoms with van der Waals surface area (Å²) in [6.07, 6.45) is 0. The lowest BCUT2D eigenvalue weighted by molar-refractivity contribution is -0.153. The number of benzene rings is 2. The van der Waals surface area contributed by atoms with Crippen LogP contribution in [-0.2, 0) is 14.3 Å². The molecule has 8 heteroatoms. The Balaban J connectivity index is 1.49. The summed E-state index contributed by atoms with van der Waals surface area (Å²) >= 11 is 1.52. The number of carbonyl (C=O) groups is 2. The third-order valence-electron chi connectivity index (χ3n) is 4.15. The number of hydrogen-bond acceptors (Lipinski definition) is 6. The van der Waals surface area contributed by atoms with Gasteiger partial charge in [-0.2, -0.15) is 0 Å². The average Bonchev–Trinajstić information content (AvgIpc) is 3.13. The fourth-order valence-corrected chi connectivity index (χ4v) is 3.50. The van der Waals surface area contributed by atoms with Crippen LogP contribution in [0.1, 0.15) is 18.0 Å². The van der Waals surface area contributed by atoms with Gasteiger partial charge in [0.25, 0.3) is 5.91 Å². The van der Waals surface area contributed by atoms with Crippen molar-refractivity contribution in [3.8, 4) is 5.75 Å². The first-order valence-electron chi connectivity index (χ1n) is 8.59. The molecule has 3 aromatic rings. The van der Waals surface area contributed by atoms with Crippen molar-refractivity contribution in [2.24, 2.45) is 0 Å². The van der Waals surface area contributed by atoms with Crippen molar-refractivity contribution < 1.29 is 23.5 Å². The topological polar surface area (TPSA) is 68.7 Å². The maximum atomic E-state index is 13.1. The predicted molar refractivity (Wildman–Crippen MR) is 104 cm³/mol. The predicted octanol–water partition coefficient (Wildman–Crippen LogP) is 3.58. The molecule has 0 aliphatic carbocycles. The Morgan fingerprint density at radius 2 is 1.96 bits per heavy atom. The highest BCUT2D eigenvalue weighted by Crippen LogP contribution is 2.28. The van der Waals surface area contributed by atoms with E-state index in [1.807, 2.05) is 31.2 Å². The molecule has 0 N–H and O–H groups in total. The van der Waals surface area contributed by atoms with Crippen LogP contribution in [0.25, 0.3) is 10.2 Å². The normalized spacial score (nSPS) is 11.8. The number of hydrogen-bond donors (Lipinski definition) is 0. The summed E-state index contributed by atoms with van der Waals surface area (Å²) in [6.45, 7) is 1.05. The lowest BCUT2D eigenvalue weighted by atomic mass is 10.3. The molecule has 3 rings (SSSR count). The Hall–Kier alpha value is -3.00. The molecule has 0 unspecified atom stereocenters. The molecule has 0 saturated carbocycles. The summed E-state index contributed by atoms with van der Waals surface area (Å²) < 4.78 is 24.2. The van der Waals surface area contributed by atoms with Crippen molar-refractivity contribution in [1.82, 2.24) is 9.88 Å². The highest BCUT2D eigenvalue weighted by molar-refractivity contribution is 7.18. The highest BCUT2D eigenvalue weighted by atomic mass is 32.1. The summed E-state index contributed by atoms with van der Waals surface area (Å²) in [4.78, 5) is 30.1.